The largest absolute Gasteiger partial charge is 0.394 e. The van der Waals surface area contributed by atoms with Crippen molar-refractivity contribution >= 4 is 5.91 Å². The van der Waals surface area contributed by atoms with Gasteiger partial charge in [-0.2, -0.15) is 0 Å². The van der Waals surface area contributed by atoms with Crippen molar-refractivity contribution in [3.05, 3.63) is 24.3 Å². The molecule has 0 aromatic rings. The van der Waals surface area contributed by atoms with Crippen molar-refractivity contribution < 1.29 is 64.6 Å². The minimum absolute atomic E-state index is 0.228. The van der Waals surface area contributed by atoms with Gasteiger partial charge in [0.25, 0.3) is 0 Å². The van der Waals surface area contributed by atoms with Crippen LogP contribution in [0.15, 0.2) is 24.3 Å². The fourth-order valence-corrected chi connectivity index (χ4v) is 14.9. The summed E-state index contributed by atoms with van der Waals surface area (Å²) in [6, 6.07) is -0.914. The standard InChI is InChI=1S/C87H167NO13/c1-3-5-7-9-11-13-15-17-19-21-23-25-27-29-31-32-33-34-35-36-37-38-39-40-41-42-43-44-45-47-49-51-53-55-57-59-61-63-65-67-69-71-79(92)88-75(74-98-86-84(97)82(95)85(78(73-90)100-86)101-87-83(96)81(94)80(93)77(72-89)99-87)76(91)70-68-66-64-62-60-58-56-54-52-50-48-46-30-28-26-24-22-20-18-16-14-12-10-8-6-4-2/h21,23,68,70,75-78,80-87,89-91,93-97H,3-20,22,24-67,69,71-74H2,1-2H3,(H,88,92)/b23-21-,70-68+. The first kappa shape index (κ1) is 95.5. The number of nitrogens with one attached hydrogen (secondary N) is 1. The molecular formula is C87H167NO13. The number of amides is 1. The lowest BCUT2D eigenvalue weighted by atomic mass is 9.97. The normalized spacial score (nSPS) is 21.8. The van der Waals surface area contributed by atoms with E-state index >= 15 is 0 Å². The molecule has 2 aliphatic heterocycles. The topological polar surface area (TPSA) is 228 Å². The molecule has 0 saturated carbocycles. The van der Waals surface area contributed by atoms with Gasteiger partial charge in [0.15, 0.2) is 12.6 Å². The zero-order valence-electron chi connectivity index (χ0n) is 65.9. The second-order valence-corrected chi connectivity index (χ2v) is 31.4. The molecule has 0 spiro atoms. The van der Waals surface area contributed by atoms with Gasteiger partial charge < -0.3 is 65.1 Å². The summed E-state index contributed by atoms with van der Waals surface area (Å²) in [5.74, 6) is -0.228. The smallest absolute Gasteiger partial charge is 0.220 e. The summed E-state index contributed by atoms with van der Waals surface area (Å²) < 4.78 is 23.0. The van der Waals surface area contributed by atoms with Gasteiger partial charge in [-0.05, 0) is 44.9 Å². The molecule has 2 aliphatic rings. The number of aliphatic hydroxyl groups is 8. The van der Waals surface area contributed by atoms with Crippen molar-refractivity contribution in [3.8, 4) is 0 Å². The van der Waals surface area contributed by atoms with Crippen LogP contribution in [0.1, 0.15) is 431 Å². The van der Waals surface area contributed by atoms with Gasteiger partial charge in [-0.1, -0.05) is 404 Å². The van der Waals surface area contributed by atoms with E-state index in [1.54, 1.807) is 6.08 Å². The van der Waals surface area contributed by atoms with Crippen molar-refractivity contribution in [1.82, 2.24) is 5.32 Å². The molecule has 598 valence electrons. The van der Waals surface area contributed by atoms with Crippen molar-refractivity contribution in [2.24, 2.45) is 0 Å². The average Bonchev–Trinajstić information content (AvgIpc) is 0.792. The molecule has 2 saturated heterocycles. The quantitative estimate of drug-likeness (QED) is 0.0204. The molecule has 14 nitrogen and oxygen atoms in total. The molecule has 0 aliphatic carbocycles. The lowest BCUT2D eigenvalue weighted by Crippen LogP contribution is -2.65. The summed E-state index contributed by atoms with van der Waals surface area (Å²) in [6.07, 6.45) is 77.3. The number of rotatable bonds is 76. The molecule has 2 fully saturated rings. The van der Waals surface area contributed by atoms with Gasteiger partial charge in [-0.25, -0.2) is 0 Å². The lowest BCUT2D eigenvalue weighted by molar-refractivity contribution is -0.359. The Kier molecular flexibility index (Phi) is 67.5. The molecule has 12 unspecified atom stereocenters. The molecule has 2 rings (SSSR count). The van der Waals surface area contributed by atoms with E-state index in [9.17, 15) is 45.6 Å². The van der Waals surface area contributed by atoms with Gasteiger partial charge >= 0.3 is 0 Å². The van der Waals surface area contributed by atoms with E-state index in [1.807, 2.05) is 6.08 Å². The number of carbonyl (C=O) groups is 1. The molecular weight excluding hydrogens is 1270 g/mol. The van der Waals surface area contributed by atoms with Gasteiger partial charge in [0.1, 0.15) is 48.8 Å². The van der Waals surface area contributed by atoms with E-state index in [0.717, 1.165) is 38.5 Å². The third-order valence-corrected chi connectivity index (χ3v) is 21.9. The molecule has 9 N–H and O–H groups in total. The van der Waals surface area contributed by atoms with Crippen LogP contribution in [0.2, 0.25) is 0 Å². The second kappa shape index (κ2) is 71.4. The average molecular weight is 1440 g/mol. The molecule has 101 heavy (non-hydrogen) atoms. The van der Waals surface area contributed by atoms with Crippen LogP contribution in [-0.4, -0.2) is 140 Å². The minimum atomic E-state index is -1.79. The number of hydrogen-bond donors (Lipinski definition) is 9. The van der Waals surface area contributed by atoms with Gasteiger partial charge in [0, 0.05) is 6.42 Å². The number of aliphatic hydroxyl groups excluding tert-OH is 8. The van der Waals surface area contributed by atoms with Crippen molar-refractivity contribution in [3.63, 3.8) is 0 Å². The highest BCUT2D eigenvalue weighted by atomic mass is 16.7. The van der Waals surface area contributed by atoms with Crippen LogP contribution in [-0.2, 0) is 23.7 Å². The van der Waals surface area contributed by atoms with E-state index in [0.29, 0.717) is 6.42 Å². The molecule has 2 heterocycles. The van der Waals surface area contributed by atoms with Crippen molar-refractivity contribution in [1.29, 1.82) is 0 Å². The van der Waals surface area contributed by atoms with E-state index < -0.39 is 86.8 Å². The maximum Gasteiger partial charge on any atom is 0.220 e. The molecule has 0 aromatic heterocycles. The number of hydrogen-bond acceptors (Lipinski definition) is 13. The van der Waals surface area contributed by atoms with Crippen LogP contribution in [0.4, 0.5) is 0 Å². The second-order valence-electron chi connectivity index (χ2n) is 31.4. The monoisotopic (exact) mass is 1430 g/mol. The predicted octanol–water partition coefficient (Wildman–Crippen LogP) is 21.0. The molecule has 0 bridgehead atoms. The lowest BCUT2D eigenvalue weighted by Gasteiger charge is -2.46. The molecule has 0 radical (unpaired) electrons. The minimum Gasteiger partial charge on any atom is -0.394 e. The molecule has 12 atom stereocenters. The SMILES string of the molecule is CCCCCCCCCC/C=C\CCCCCCCCCCCCCCCCCCCCCCCCCCCCCCCC(=O)NC(COC1OC(CO)C(OC2OC(CO)C(O)C(O)C2O)C(O)C1O)C(O)/C=C/CCCCCCCCCCCCCCCCCCCCCCCCCC. The maximum absolute atomic E-state index is 13.4. The zero-order valence-corrected chi connectivity index (χ0v) is 65.9. The summed E-state index contributed by atoms with van der Waals surface area (Å²) >= 11 is 0. The molecule has 14 heteroatoms. The van der Waals surface area contributed by atoms with Gasteiger partial charge in [0.05, 0.1) is 32.0 Å². The van der Waals surface area contributed by atoms with Crippen LogP contribution in [0.25, 0.3) is 0 Å². The van der Waals surface area contributed by atoms with Gasteiger partial charge in [0.2, 0.25) is 5.91 Å². The first-order chi connectivity index (χ1) is 49.6. The number of allylic oxidation sites excluding steroid dienone is 3. The van der Waals surface area contributed by atoms with Crippen molar-refractivity contribution in [2.45, 2.75) is 505 Å². The van der Waals surface area contributed by atoms with E-state index in [4.69, 9.17) is 18.9 Å². The Morgan fingerprint density at radius 3 is 0.941 bits per heavy atom. The summed E-state index contributed by atoms with van der Waals surface area (Å²) in [5, 5.41) is 87.8. The highest BCUT2D eigenvalue weighted by Gasteiger charge is 2.51. The van der Waals surface area contributed by atoms with Crippen LogP contribution < -0.4 is 5.32 Å². The zero-order chi connectivity index (χ0) is 73.0. The van der Waals surface area contributed by atoms with Crippen LogP contribution >= 0.6 is 0 Å². The van der Waals surface area contributed by atoms with Gasteiger partial charge in [-0.15, -0.1) is 0 Å². The Bertz CT molecular complexity index is 1790. The summed E-state index contributed by atoms with van der Waals surface area (Å²) in [5.41, 5.74) is 0. The predicted molar refractivity (Wildman–Crippen MR) is 420 cm³/mol. The Labute approximate surface area is 621 Å². The van der Waals surface area contributed by atoms with E-state index in [-0.39, 0.29) is 18.9 Å². The van der Waals surface area contributed by atoms with Gasteiger partial charge in [-0.3, -0.25) is 4.79 Å². The first-order valence-electron chi connectivity index (χ1n) is 44.1. The van der Waals surface area contributed by atoms with Crippen LogP contribution in [0, 0.1) is 0 Å². The maximum atomic E-state index is 13.4. The van der Waals surface area contributed by atoms with E-state index in [2.05, 4.69) is 31.3 Å². The third-order valence-electron chi connectivity index (χ3n) is 21.9. The number of carbonyl (C=O) groups excluding carboxylic acids is 1. The van der Waals surface area contributed by atoms with Crippen LogP contribution in [0.5, 0.6) is 0 Å². The van der Waals surface area contributed by atoms with E-state index in [1.165, 1.54) is 366 Å². The van der Waals surface area contributed by atoms with Crippen LogP contribution in [0.3, 0.4) is 0 Å². The summed E-state index contributed by atoms with van der Waals surface area (Å²) in [4.78, 5) is 13.4. The highest BCUT2D eigenvalue weighted by molar-refractivity contribution is 5.76. The van der Waals surface area contributed by atoms with Crippen molar-refractivity contribution in [2.75, 3.05) is 19.8 Å². The number of ether oxygens (including phenoxy) is 4. The number of unbranched alkanes of at least 4 members (excludes halogenated alkanes) is 61. The molecule has 0 aromatic carbocycles. The molecule has 1 amide bonds. The Balaban J connectivity index is 1.54. The summed E-state index contributed by atoms with van der Waals surface area (Å²) in [6.45, 7) is 2.88. The summed E-state index contributed by atoms with van der Waals surface area (Å²) in [7, 11) is 0. The Hall–Kier alpha value is -1.53. The first-order valence-corrected chi connectivity index (χ1v) is 44.1. The fraction of sp³-hybridized carbons (Fsp3) is 0.943. The Morgan fingerprint density at radius 1 is 0.347 bits per heavy atom. The fourth-order valence-electron chi connectivity index (χ4n) is 14.9. The third kappa shape index (κ3) is 53.8. The Morgan fingerprint density at radius 2 is 0.624 bits per heavy atom. The highest BCUT2D eigenvalue weighted by Crippen LogP contribution is 2.31.